The smallest absolute Gasteiger partial charge is 0.253 e. The lowest BCUT2D eigenvalue weighted by molar-refractivity contribution is 0.00353. The average Bonchev–Trinajstić information content (AvgIpc) is 2.46. The number of aliphatic hydroxyl groups is 1. The number of rotatable bonds is 3. The lowest BCUT2D eigenvalue weighted by Crippen LogP contribution is -2.44. The summed E-state index contributed by atoms with van der Waals surface area (Å²) in [4.78, 5) is 13.9. The van der Waals surface area contributed by atoms with Gasteiger partial charge in [-0.2, -0.15) is 0 Å². The first-order valence-electron chi connectivity index (χ1n) is 6.24. The second kappa shape index (κ2) is 5.90. The van der Waals surface area contributed by atoms with Crippen molar-refractivity contribution in [1.29, 1.82) is 0 Å². The molecule has 6 nitrogen and oxygen atoms in total. The Kier molecular flexibility index (Phi) is 4.24. The van der Waals surface area contributed by atoms with Crippen LogP contribution >= 0.6 is 0 Å². The number of morpholine rings is 1. The molecular formula is C13H19N3O3. The Morgan fingerprint density at radius 2 is 2.42 bits per heavy atom. The second-order valence-corrected chi connectivity index (χ2v) is 4.48. The molecule has 1 aliphatic heterocycles. The van der Waals surface area contributed by atoms with E-state index in [1.807, 2.05) is 4.90 Å². The zero-order valence-corrected chi connectivity index (χ0v) is 10.9. The number of anilines is 2. The van der Waals surface area contributed by atoms with Crippen molar-refractivity contribution < 1.29 is 14.6 Å². The van der Waals surface area contributed by atoms with Gasteiger partial charge in [-0.1, -0.05) is 0 Å². The molecular weight excluding hydrogens is 246 g/mol. The summed E-state index contributed by atoms with van der Waals surface area (Å²) in [7, 11) is 1.60. The van der Waals surface area contributed by atoms with Gasteiger partial charge < -0.3 is 25.8 Å². The lowest BCUT2D eigenvalue weighted by atomic mass is 10.1. The van der Waals surface area contributed by atoms with Crippen LogP contribution in [0.25, 0.3) is 0 Å². The van der Waals surface area contributed by atoms with E-state index in [0.29, 0.717) is 30.9 Å². The number of ether oxygens (including phenoxy) is 1. The number of nitrogens with zero attached hydrogens (tertiary/aromatic N) is 1. The standard InChI is InChI=1S/C13H19N3O3/c1-15-13(18)11-3-2-9(14)6-12(11)16-4-5-19-10(7-16)8-17/h2-3,6,10,17H,4-5,7-8,14H2,1H3,(H,15,18). The van der Waals surface area contributed by atoms with E-state index in [-0.39, 0.29) is 18.6 Å². The number of amides is 1. The molecule has 0 bridgehead atoms. The number of nitrogens with one attached hydrogen (secondary N) is 1. The second-order valence-electron chi connectivity index (χ2n) is 4.48. The molecule has 4 N–H and O–H groups in total. The van der Waals surface area contributed by atoms with Crippen molar-refractivity contribution >= 4 is 17.3 Å². The van der Waals surface area contributed by atoms with Gasteiger partial charge in [0.25, 0.3) is 5.91 Å². The molecule has 0 aliphatic carbocycles. The monoisotopic (exact) mass is 265 g/mol. The largest absolute Gasteiger partial charge is 0.399 e. The van der Waals surface area contributed by atoms with Crippen LogP contribution in [0.4, 0.5) is 11.4 Å². The molecule has 19 heavy (non-hydrogen) atoms. The van der Waals surface area contributed by atoms with Gasteiger partial charge in [0.15, 0.2) is 0 Å². The predicted octanol–water partition coefficient (Wildman–Crippen LogP) is -0.174. The van der Waals surface area contributed by atoms with Gasteiger partial charge in [-0.05, 0) is 18.2 Å². The Hall–Kier alpha value is -1.79. The number of carbonyl (C=O) groups is 1. The van der Waals surface area contributed by atoms with Crippen LogP contribution < -0.4 is 16.0 Å². The molecule has 1 aromatic carbocycles. The summed E-state index contributed by atoms with van der Waals surface area (Å²) in [5.41, 5.74) is 7.77. The van der Waals surface area contributed by atoms with Gasteiger partial charge in [0.2, 0.25) is 0 Å². The van der Waals surface area contributed by atoms with E-state index in [2.05, 4.69) is 5.32 Å². The Labute approximate surface area is 112 Å². The van der Waals surface area contributed by atoms with Crippen molar-refractivity contribution in [2.75, 3.05) is 44.0 Å². The molecule has 0 radical (unpaired) electrons. The van der Waals surface area contributed by atoms with Crippen LogP contribution in [-0.4, -0.2) is 50.5 Å². The predicted molar refractivity (Wildman–Crippen MR) is 73.3 cm³/mol. The number of nitrogens with two attached hydrogens (primary N) is 1. The van der Waals surface area contributed by atoms with E-state index >= 15 is 0 Å². The van der Waals surface area contributed by atoms with Crippen LogP contribution in [0.15, 0.2) is 18.2 Å². The van der Waals surface area contributed by atoms with E-state index in [1.165, 1.54) is 0 Å². The fourth-order valence-electron chi connectivity index (χ4n) is 2.19. The molecule has 2 rings (SSSR count). The fourth-order valence-corrected chi connectivity index (χ4v) is 2.19. The molecule has 1 heterocycles. The highest BCUT2D eigenvalue weighted by Crippen LogP contribution is 2.25. The summed E-state index contributed by atoms with van der Waals surface area (Å²) < 4.78 is 5.41. The molecule has 1 unspecified atom stereocenters. The van der Waals surface area contributed by atoms with Crippen molar-refractivity contribution in [2.45, 2.75) is 6.10 Å². The minimum atomic E-state index is -0.229. The average molecular weight is 265 g/mol. The highest BCUT2D eigenvalue weighted by Gasteiger charge is 2.23. The van der Waals surface area contributed by atoms with E-state index in [1.54, 1.807) is 25.2 Å². The highest BCUT2D eigenvalue weighted by atomic mass is 16.5. The third-order valence-corrected chi connectivity index (χ3v) is 3.18. The van der Waals surface area contributed by atoms with Gasteiger partial charge in [-0.25, -0.2) is 0 Å². The summed E-state index contributed by atoms with van der Waals surface area (Å²) >= 11 is 0. The van der Waals surface area contributed by atoms with Crippen LogP contribution in [0.1, 0.15) is 10.4 Å². The first kappa shape index (κ1) is 13.6. The van der Waals surface area contributed by atoms with E-state index in [0.717, 1.165) is 5.69 Å². The molecule has 1 saturated heterocycles. The Morgan fingerprint density at radius 3 is 3.11 bits per heavy atom. The number of nitrogen functional groups attached to an aromatic ring is 1. The molecule has 104 valence electrons. The quantitative estimate of drug-likeness (QED) is 0.660. The summed E-state index contributed by atoms with van der Waals surface area (Å²) in [6.07, 6.45) is -0.229. The zero-order chi connectivity index (χ0) is 13.8. The van der Waals surface area contributed by atoms with Crippen molar-refractivity contribution in [3.63, 3.8) is 0 Å². The maximum atomic E-state index is 11.9. The van der Waals surface area contributed by atoms with Crippen molar-refractivity contribution in [2.24, 2.45) is 0 Å². The number of aliphatic hydroxyl groups excluding tert-OH is 1. The molecule has 1 amide bonds. The van der Waals surface area contributed by atoms with Crippen molar-refractivity contribution in [3.05, 3.63) is 23.8 Å². The highest BCUT2D eigenvalue weighted by molar-refractivity contribution is 6.00. The minimum Gasteiger partial charge on any atom is -0.399 e. The minimum absolute atomic E-state index is 0.0336. The summed E-state index contributed by atoms with van der Waals surface area (Å²) in [5.74, 6) is -0.151. The molecule has 0 aromatic heterocycles. The van der Waals surface area contributed by atoms with Crippen LogP contribution in [0.2, 0.25) is 0 Å². The van der Waals surface area contributed by atoms with E-state index < -0.39 is 0 Å². The lowest BCUT2D eigenvalue weighted by Gasteiger charge is -2.34. The first-order valence-corrected chi connectivity index (χ1v) is 6.24. The maximum Gasteiger partial charge on any atom is 0.253 e. The number of hydrogen-bond acceptors (Lipinski definition) is 5. The number of hydrogen-bond donors (Lipinski definition) is 3. The number of benzene rings is 1. The summed E-state index contributed by atoms with van der Waals surface area (Å²) in [6.45, 7) is 1.70. The molecule has 1 fully saturated rings. The van der Waals surface area contributed by atoms with Gasteiger partial charge in [-0.15, -0.1) is 0 Å². The molecule has 1 atom stereocenters. The van der Waals surface area contributed by atoms with Crippen molar-refractivity contribution in [1.82, 2.24) is 5.32 Å². The normalized spacial score (nSPS) is 19.3. The first-order chi connectivity index (χ1) is 9.15. The van der Waals surface area contributed by atoms with Gasteiger partial charge in [-0.3, -0.25) is 4.79 Å². The van der Waals surface area contributed by atoms with Gasteiger partial charge in [0.05, 0.1) is 30.6 Å². The zero-order valence-electron chi connectivity index (χ0n) is 10.9. The Morgan fingerprint density at radius 1 is 1.63 bits per heavy atom. The van der Waals surface area contributed by atoms with Gasteiger partial charge >= 0.3 is 0 Å². The third kappa shape index (κ3) is 2.97. The molecule has 6 heteroatoms. The van der Waals surface area contributed by atoms with Crippen LogP contribution in [0.5, 0.6) is 0 Å². The van der Waals surface area contributed by atoms with E-state index in [9.17, 15) is 9.90 Å². The van der Waals surface area contributed by atoms with Gasteiger partial charge in [0, 0.05) is 25.8 Å². The van der Waals surface area contributed by atoms with Crippen LogP contribution in [-0.2, 0) is 4.74 Å². The molecule has 1 aromatic rings. The van der Waals surface area contributed by atoms with Crippen LogP contribution in [0.3, 0.4) is 0 Å². The topological polar surface area (TPSA) is 87.8 Å². The summed E-state index contributed by atoms with van der Waals surface area (Å²) in [6, 6.07) is 5.20. The Balaban J connectivity index is 2.31. The Bertz CT molecular complexity index is 464. The molecule has 0 saturated carbocycles. The maximum absolute atomic E-state index is 11.9. The van der Waals surface area contributed by atoms with Crippen molar-refractivity contribution in [3.8, 4) is 0 Å². The molecule has 0 spiro atoms. The molecule has 1 aliphatic rings. The summed E-state index contributed by atoms with van der Waals surface area (Å²) in [5, 5.41) is 11.8. The fraction of sp³-hybridized carbons (Fsp3) is 0.462. The number of carbonyl (C=O) groups excluding carboxylic acids is 1. The third-order valence-electron chi connectivity index (χ3n) is 3.18. The SMILES string of the molecule is CNC(=O)c1ccc(N)cc1N1CCOC(CO)C1. The van der Waals surface area contributed by atoms with Crippen LogP contribution in [0, 0.1) is 0 Å². The van der Waals surface area contributed by atoms with Gasteiger partial charge in [0.1, 0.15) is 0 Å². The van der Waals surface area contributed by atoms with E-state index in [4.69, 9.17) is 10.5 Å².